The summed E-state index contributed by atoms with van der Waals surface area (Å²) in [5.74, 6) is 5.97. The average Bonchev–Trinajstić information content (AvgIpc) is 2.51. The Balaban J connectivity index is 2.57. The normalized spacial score (nSPS) is 20.9. The van der Waals surface area contributed by atoms with Crippen LogP contribution in [0.15, 0.2) is 0 Å². The van der Waals surface area contributed by atoms with E-state index in [4.69, 9.17) is 0 Å². The lowest BCUT2D eigenvalue weighted by Crippen LogP contribution is -2.35. The molecule has 1 amide bonds. The number of carbonyl (C=O) groups excluding carboxylic acids is 1. The van der Waals surface area contributed by atoms with Crippen molar-refractivity contribution >= 4 is 5.91 Å². The summed E-state index contributed by atoms with van der Waals surface area (Å²) in [5.41, 5.74) is 0. The molecule has 0 bridgehead atoms. The molecule has 1 heterocycles. The van der Waals surface area contributed by atoms with Crippen LogP contribution in [0.2, 0.25) is 0 Å². The molecule has 0 aromatic rings. The summed E-state index contributed by atoms with van der Waals surface area (Å²) in [6.07, 6.45) is 3.39. The van der Waals surface area contributed by atoms with Crippen LogP contribution in [0.25, 0.3) is 0 Å². The number of hydrogen-bond donors (Lipinski definition) is 0. The van der Waals surface area contributed by atoms with Gasteiger partial charge in [0.15, 0.2) is 0 Å². The lowest BCUT2D eigenvalue weighted by molar-refractivity contribution is -0.126. The summed E-state index contributed by atoms with van der Waals surface area (Å²) in [5, 5.41) is 0. The van der Waals surface area contributed by atoms with Crippen LogP contribution in [-0.2, 0) is 4.79 Å². The number of nitrogens with zero attached hydrogens (tertiary/aromatic N) is 1. The predicted molar refractivity (Wildman–Crippen MR) is 57.6 cm³/mol. The molecule has 2 nitrogen and oxygen atoms in total. The van der Waals surface area contributed by atoms with Gasteiger partial charge in [-0.3, -0.25) is 4.79 Å². The minimum atomic E-state index is 0.00986. The van der Waals surface area contributed by atoms with Crippen LogP contribution in [0.4, 0.5) is 0 Å². The van der Waals surface area contributed by atoms with Crippen LogP contribution in [0.1, 0.15) is 40.0 Å². The van der Waals surface area contributed by atoms with Gasteiger partial charge in [-0.1, -0.05) is 19.8 Å². The van der Waals surface area contributed by atoms with E-state index in [0.29, 0.717) is 12.0 Å². The van der Waals surface area contributed by atoms with E-state index in [9.17, 15) is 4.79 Å². The Bertz CT molecular complexity index is 259. The molecule has 0 saturated carbocycles. The highest BCUT2D eigenvalue weighted by Gasteiger charge is 2.27. The van der Waals surface area contributed by atoms with Crippen molar-refractivity contribution in [1.29, 1.82) is 0 Å². The fraction of sp³-hybridized carbons (Fsp3) is 0.750. The maximum Gasteiger partial charge on any atom is 0.298 e. The smallest absolute Gasteiger partial charge is 0.298 e. The molecule has 1 aliphatic rings. The largest absolute Gasteiger partial charge is 0.329 e. The highest BCUT2D eigenvalue weighted by Crippen LogP contribution is 2.23. The zero-order valence-electron chi connectivity index (χ0n) is 9.34. The molecule has 0 radical (unpaired) electrons. The third-order valence-electron chi connectivity index (χ3n) is 2.61. The van der Waals surface area contributed by atoms with Gasteiger partial charge in [-0.2, -0.15) is 0 Å². The molecule has 0 aromatic heterocycles. The number of amides is 1. The number of rotatable bonds is 2. The second kappa shape index (κ2) is 5.05. The summed E-state index contributed by atoms with van der Waals surface area (Å²) in [6.45, 7) is 7.01. The Kier molecular flexibility index (Phi) is 4.00. The van der Waals surface area contributed by atoms with Gasteiger partial charge in [-0.25, -0.2) is 0 Å². The minimum Gasteiger partial charge on any atom is -0.329 e. The van der Waals surface area contributed by atoms with Gasteiger partial charge < -0.3 is 4.90 Å². The van der Waals surface area contributed by atoms with Crippen molar-refractivity contribution in [3.8, 4) is 11.8 Å². The molecule has 1 atom stereocenters. The van der Waals surface area contributed by atoms with E-state index in [1.54, 1.807) is 6.92 Å². The third-order valence-corrected chi connectivity index (χ3v) is 2.61. The first-order valence-corrected chi connectivity index (χ1v) is 5.38. The topological polar surface area (TPSA) is 20.3 Å². The molecule has 0 aromatic carbocycles. The Morgan fingerprint density at radius 1 is 1.57 bits per heavy atom. The van der Waals surface area contributed by atoms with Crippen molar-refractivity contribution in [2.24, 2.45) is 5.92 Å². The van der Waals surface area contributed by atoms with Crippen molar-refractivity contribution in [1.82, 2.24) is 4.90 Å². The van der Waals surface area contributed by atoms with E-state index in [-0.39, 0.29) is 5.91 Å². The molecule has 1 saturated heterocycles. The van der Waals surface area contributed by atoms with E-state index < -0.39 is 0 Å². The van der Waals surface area contributed by atoms with Crippen molar-refractivity contribution in [3.63, 3.8) is 0 Å². The van der Waals surface area contributed by atoms with Crippen LogP contribution in [0.5, 0.6) is 0 Å². The first kappa shape index (κ1) is 11.1. The molecule has 0 spiro atoms. The van der Waals surface area contributed by atoms with E-state index in [1.165, 1.54) is 0 Å². The van der Waals surface area contributed by atoms with E-state index >= 15 is 0 Å². The summed E-state index contributed by atoms with van der Waals surface area (Å²) in [7, 11) is 0. The Morgan fingerprint density at radius 2 is 2.29 bits per heavy atom. The highest BCUT2D eigenvalue weighted by atomic mass is 16.2. The highest BCUT2D eigenvalue weighted by molar-refractivity contribution is 5.93. The van der Waals surface area contributed by atoms with E-state index in [2.05, 4.69) is 25.7 Å². The Labute approximate surface area is 86.7 Å². The molecule has 0 unspecified atom stereocenters. The molecule has 1 aliphatic heterocycles. The van der Waals surface area contributed by atoms with E-state index in [0.717, 1.165) is 25.8 Å². The molecular formula is C12H19NO. The fourth-order valence-corrected chi connectivity index (χ4v) is 2.07. The SMILES string of the molecule is CC#CC(=O)N1CCC[C@H]1CC(C)C. The molecule has 14 heavy (non-hydrogen) atoms. The standard InChI is InChI=1S/C12H19NO/c1-4-6-12(14)13-8-5-7-11(13)9-10(2)3/h10-11H,5,7-9H2,1-3H3/t11-/m0/s1. The van der Waals surface area contributed by atoms with Gasteiger partial charge in [0.1, 0.15) is 0 Å². The lowest BCUT2D eigenvalue weighted by atomic mass is 10.0. The second-order valence-corrected chi connectivity index (χ2v) is 4.30. The van der Waals surface area contributed by atoms with Gasteiger partial charge in [-0.15, -0.1) is 0 Å². The zero-order valence-corrected chi connectivity index (χ0v) is 9.34. The molecule has 78 valence electrons. The fourth-order valence-electron chi connectivity index (χ4n) is 2.07. The maximum absolute atomic E-state index is 11.6. The van der Waals surface area contributed by atoms with E-state index in [1.807, 2.05) is 4.90 Å². The molecule has 1 fully saturated rings. The maximum atomic E-state index is 11.6. The summed E-state index contributed by atoms with van der Waals surface area (Å²) in [6, 6.07) is 0.434. The van der Waals surface area contributed by atoms with Gasteiger partial charge in [0.05, 0.1) is 0 Å². The number of hydrogen-bond acceptors (Lipinski definition) is 1. The van der Waals surface area contributed by atoms with Crippen molar-refractivity contribution < 1.29 is 4.79 Å². The molecule has 2 heteroatoms. The van der Waals surface area contributed by atoms with Gasteiger partial charge in [0.2, 0.25) is 0 Å². The van der Waals surface area contributed by atoms with Crippen LogP contribution in [0, 0.1) is 17.8 Å². The van der Waals surface area contributed by atoms with Gasteiger partial charge in [0.25, 0.3) is 5.91 Å². The number of likely N-dealkylation sites (tertiary alicyclic amines) is 1. The minimum absolute atomic E-state index is 0.00986. The molecular weight excluding hydrogens is 174 g/mol. The van der Waals surface area contributed by atoms with Crippen molar-refractivity contribution in [3.05, 3.63) is 0 Å². The monoisotopic (exact) mass is 193 g/mol. The van der Waals surface area contributed by atoms with Crippen LogP contribution in [-0.4, -0.2) is 23.4 Å². The summed E-state index contributed by atoms with van der Waals surface area (Å²) >= 11 is 0. The first-order valence-electron chi connectivity index (χ1n) is 5.38. The zero-order chi connectivity index (χ0) is 10.6. The van der Waals surface area contributed by atoms with Gasteiger partial charge in [-0.05, 0) is 38.0 Å². The number of carbonyl (C=O) groups is 1. The Hall–Kier alpha value is -0.970. The lowest BCUT2D eigenvalue weighted by Gasteiger charge is -2.23. The van der Waals surface area contributed by atoms with Crippen molar-refractivity contribution in [2.45, 2.75) is 46.1 Å². The average molecular weight is 193 g/mol. The summed E-state index contributed by atoms with van der Waals surface area (Å²) < 4.78 is 0. The van der Waals surface area contributed by atoms with Gasteiger partial charge in [0, 0.05) is 12.6 Å². The predicted octanol–water partition coefficient (Wildman–Crippen LogP) is 2.05. The Morgan fingerprint density at radius 3 is 2.86 bits per heavy atom. The molecule has 0 N–H and O–H groups in total. The molecule has 1 rings (SSSR count). The van der Waals surface area contributed by atoms with Crippen LogP contribution < -0.4 is 0 Å². The first-order chi connectivity index (χ1) is 6.65. The molecule has 0 aliphatic carbocycles. The second-order valence-electron chi connectivity index (χ2n) is 4.30. The third kappa shape index (κ3) is 2.77. The van der Waals surface area contributed by atoms with Crippen LogP contribution >= 0.6 is 0 Å². The van der Waals surface area contributed by atoms with Crippen molar-refractivity contribution in [2.75, 3.05) is 6.54 Å². The quantitative estimate of drug-likeness (QED) is 0.615. The van der Waals surface area contributed by atoms with Crippen LogP contribution in [0.3, 0.4) is 0 Å². The summed E-state index contributed by atoms with van der Waals surface area (Å²) in [4.78, 5) is 13.5. The van der Waals surface area contributed by atoms with Gasteiger partial charge >= 0.3 is 0 Å².